The molecule has 0 spiro atoms. The van der Waals surface area contributed by atoms with Crippen LogP contribution in [0.5, 0.6) is 11.5 Å². The fourth-order valence-corrected chi connectivity index (χ4v) is 5.62. The summed E-state index contributed by atoms with van der Waals surface area (Å²) in [4.78, 5) is 0. The lowest BCUT2D eigenvalue weighted by atomic mass is 10.1. The van der Waals surface area contributed by atoms with Gasteiger partial charge in [-0.3, -0.25) is 4.21 Å². The average Bonchev–Trinajstić information content (AvgIpc) is 2.44. The van der Waals surface area contributed by atoms with Gasteiger partial charge in [-0.2, -0.15) is 0 Å². The van der Waals surface area contributed by atoms with E-state index in [4.69, 9.17) is 9.47 Å². The molecule has 0 amide bonds. The fraction of sp³-hybridized carbons (Fsp3) is 0.625. The molecule has 1 aromatic rings. The van der Waals surface area contributed by atoms with Crippen molar-refractivity contribution in [2.24, 2.45) is 0 Å². The Hall–Kier alpha value is -0.680. The van der Waals surface area contributed by atoms with Crippen molar-refractivity contribution in [1.82, 2.24) is 0 Å². The molecule has 0 aromatic heterocycles. The van der Waals surface area contributed by atoms with Gasteiger partial charge in [0.2, 0.25) is 0 Å². The van der Waals surface area contributed by atoms with E-state index in [2.05, 4.69) is 13.8 Å². The number of thioether (sulfide) groups is 1. The van der Waals surface area contributed by atoms with Crippen LogP contribution in [0.15, 0.2) is 18.2 Å². The highest BCUT2D eigenvalue weighted by molar-refractivity contribution is 8.11. The lowest BCUT2D eigenvalue weighted by molar-refractivity contribution is 0.354. The summed E-state index contributed by atoms with van der Waals surface area (Å²) in [7, 11) is 2.41. The van der Waals surface area contributed by atoms with Gasteiger partial charge in [-0.1, -0.05) is 33.8 Å². The monoisotopic (exact) mass is 330 g/mol. The summed E-state index contributed by atoms with van der Waals surface area (Å²) < 4.78 is 23.2. The molecule has 0 saturated carbocycles. The molecular weight excluding hydrogens is 304 g/mol. The minimum Gasteiger partial charge on any atom is -0.493 e. The van der Waals surface area contributed by atoms with E-state index in [1.807, 2.05) is 32.0 Å². The zero-order valence-electron chi connectivity index (χ0n) is 13.7. The topological polar surface area (TPSA) is 35.5 Å². The first-order chi connectivity index (χ1) is 9.88. The molecule has 1 aromatic carbocycles. The van der Waals surface area contributed by atoms with Gasteiger partial charge in [0.1, 0.15) is 0 Å². The fourth-order valence-electron chi connectivity index (χ4n) is 1.99. The average molecular weight is 331 g/mol. The second-order valence-electron chi connectivity index (χ2n) is 5.39. The Labute approximate surface area is 135 Å². The molecule has 0 fully saturated rings. The maximum absolute atomic E-state index is 12.5. The van der Waals surface area contributed by atoms with Crippen LogP contribution in [0.25, 0.3) is 0 Å². The zero-order valence-corrected chi connectivity index (χ0v) is 15.3. The van der Waals surface area contributed by atoms with Crippen LogP contribution in [0.3, 0.4) is 0 Å². The molecule has 0 heterocycles. The highest BCUT2D eigenvalue weighted by Gasteiger charge is 2.22. The first kappa shape index (κ1) is 18.4. The van der Waals surface area contributed by atoms with Crippen LogP contribution in [0.2, 0.25) is 0 Å². The van der Waals surface area contributed by atoms with Crippen LogP contribution in [-0.2, 0) is 17.2 Å². The van der Waals surface area contributed by atoms with E-state index >= 15 is 0 Å². The molecule has 2 atom stereocenters. The molecule has 21 heavy (non-hydrogen) atoms. The van der Waals surface area contributed by atoms with Gasteiger partial charge >= 0.3 is 0 Å². The third-order valence-electron chi connectivity index (χ3n) is 3.00. The van der Waals surface area contributed by atoms with E-state index in [1.54, 1.807) is 26.0 Å². The first-order valence-corrected chi connectivity index (χ1v) is 9.36. The van der Waals surface area contributed by atoms with Crippen LogP contribution in [0.4, 0.5) is 0 Å². The van der Waals surface area contributed by atoms with E-state index in [0.29, 0.717) is 5.25 Å². The molecule has 2 unspecified atom stereocenters. The summed E-state index contributed by atoms with van der Waals surface area (Å²) >= 11 is 1.78. The van der Waals surface area contributed by atoms with E-state index in [9.17, 15) is 4.21 Å². The highest BCUT2D eigenvalue weighted by atomic mass is 32.2. The smallest absolute Gasteiger partial charge is 0.160 e. The molecule has 0 N–H and O–H groups in total. The summed E-state index contributed by atoms with van der Waals surface area (Å²) in [6, 6.07) is 5.90. The van der Waals surface area contributed by atoms with Crippen molar-refractivity contribution in [1.29, 1.82) is 0 Å². The largest absolute Gasteiger partial charge is 0.493 e. The maximum Gasteiger partial charge on any atom is 0.160 e. The molecule has 0 aliphatic heterocycles. The van der Waals surface area contributed by atoms with Crippen molar-refractivity contribution in [2.75, 3.05) is 14.2 Å². The van der Waals surface area contributed by atoms with Crippen molar-refractivity contribution in [3.8, 4) is 11.5 Å². The summed E-state index contributed by atoms with van der Waals surface area (Å²) in [5, 5.41) is 0.624. The number of benzene rings is 1. The third-order valence-corrected chi connectivity index (χ3v) is 6.53. The molecule has 0 bridgehead atoms. The third kappa shape index (κ3) is 5.55. The van der Waals surface area contributed by atoms with Crippen molar-refractivity contribution in [2.45, 2.75) is 49.2 Å². The van der Waals surface area contributed by atoms with Gasteiger partial charge < -0.3 is 9.47 Å². The SMILES string of the molecule is COc1ccc(CC(SC(C)C)S(=O)C(C)C)cc1OC. The Morgan fingerprint density at radius 3 is 2.19 bits per heavy atom. The lowest BCUT2D eigenvalue weighted by Gasteiger charge is -2.21. The molecular formula is C16H26O3S2. The van der Waals surface area contributed by atoms with Gasteiger partial charge in [-0.05, 0) is 24.1 Å². The predicted octanol–water partition coefficient (Wildman–Crippen LogP) is 3.87. The Kier molecular flexibility index (Phi) is 7.60. The minimum atomic E-state index is -0.855. The maximum atomic E-state index is 12.5. The van der Waals surface area contributed by atoms with Crippen LogP contribution in [-0.4, -0.2) is 33.5 Å². The predicted molar refractivity (Wildman–Crippen MR) is 93.0 cm³/mol. The number of rotatable bonds is 8. The van der Waals surface area contributed by atoms with Crippen molar-refractivity contribution in [3.05, 3.63) is 23.8 Å². The summed E-state index contributed by atoms with van der Waals surface area (Å²) in [6.45, 7) is 8.31. The highest BCUT2D eigenvalue weighted by Crippen LogP contribution is 2.31. The molecule has 3 nitrogen and oxygen atoms in total. The number of hydrogen-bond donors (Lipinski definition) is 0. The van der Waals surface area contributed by atoms with Gasteiger partial charge in [0.15, 0.2) is 11.5 Å². The molecule has 5 heteroatoms. The lowest BCUT2D eigenvalue weighted by Crippen LogP contribution is -2.23. The normalized spacial score (nSPS) is 14.3. The zero-order chi connectivity index (χ0) is 16.0. The van der Waals surface area contributed by atoms with E-state index in [1.165, 1.54) is 0 Å². The van der Waals surface area contributed by atoms with Crippen molar-refractivity contribution >= 4 is 22.6 Å². The van der Waals surface area contributed by atoms with Crippen LogP contribution in [0.1, 0.15) is 33.3 Å². The van der Waals surface area contributed by atoms with Crippen LogP contribution in [0, 0.1) is 0 Å². The Morgan fingerprint density at radius 2 is 1.71 bits per heavy atom. The van der Waals surface area contributed by atoms with Gasteiger partial charge in [0.25, 0.3) is 0 Å². The second-order valence-corrected chi connectivity index (χ2v) is 9.64. The quantitative estimate of drug-likeness (QED) is 0.725. The minimum absolute atomic E-state index is 0.100. The van der Waals surface area contributed by atoms with Crippen molar-refractivity contribution < 1.29 is 13.7 Å². The van der Waals surface area contributed by atoms with Crippen LogP contribution >= 0.6 is 11.8 Å². The van der Waals surface area contributed by atoms with Gasteiger partial charge in [0.05, 0.1) is 18.8 Å². The van der Waals surface area contributed by atoms with Crippen molar-refractivity contribution in [3.63, 3.8) is 0 Å². The number of hydrogen-bond acceptors (Lipinski definition) is 4. The Morgan fingerprint density at radius 1 is 1.10 bits per heavy atom. The number of methoxy groups -OCH3 is 2. The van der Waals surface area contributed by atoms with E-state index < -0.39 is 10.8 Å². The summed E-state index contributed by atoms with van der Waals surface area (Å²) in [5.41, 5.74) is 1.12. The molecule has 1 rings (SSSR count). The second kappa shape index (κ2) is 8.69. The summed E-state index contributed by atoms with van der Waals surface area (Å²) in [6.07, 6.45) is 0.772. The number of ether oxygens (including phenoxy) is 2. The molecule has 0 saturated heterocycles. The van der Waals surface area contributed by atoms with Gasteiger partial charge in [-0.15, -0.1) is 11.8 Å². The van der Waals surface area contributed by atoms with Gasteiger partial charge in [-0.25, -0.2) is 0 Å². The standard InChI is InChI=1S/C16H26O3S2/c1-11(2)20-16(21(17)12(3)4)10-13-7-8-14(18-5)15(9-13)19-6/h7-9,11-12,16H,10H2,1-6H3. The van der Waals surface area contributed by atoms with Gasteiger partial charge in [0, 0.05) is 21.3 Å². The summed E-state index contributed by atoms with van der Waals surface area (Å²) in [5.74, 6) is 1.44. The molecule has 0 radical (unpaired) electrons. The van der Waals surface area contributed by atoms with E-state index in [-0.39, 0.29) is 9.83 Å². The Balaban J connectivity index is 2.95. The molecule has 0 aliphatic rings. The van der Waals surface area contributed by atoms with E-state index in [0.717, 1.165) is 23.5 Å². The van der Waals surface area contributed by atoms with Crippen LogP contribution < -0.4 is 9.47 Å². The first-order valence-electron chi connectivity index (χ1n) is 7.14. The Bertz CT molecular complexity index is 473. The molecule has 0 aliphatic carbocycles. The molecule has 120 valence electrons.